The van der Waals surface area contributed by atoms with Crippen LogP contribution in [0.1, 0.15) is 17.2 Å². The van der Waals surface area contributed by atoms with Gasteiger partial charge in [-0.05, 0) is 35.4 Å². The molecule has 25 heavy (non-hydrogen) atoms. The van der Waals surface area contributed by atoms with Crippen molar-refractivity contribution in [3.8, 4) is 5.75 Å². The zero-order valence-electron chi connectivity index (χ0n) is 13.4. The van der Waals surface area contributed by atoms with Gasteiger partial charge in [-0.25, -0.2) is 0 Å². The van der Waals surface area contributed by atoms with Crippen LogP contribution in [0.15, 0.2) is 48.5 Å². The second-order valence-electron chi connectivity index (χ2n) is 5.86. The number of benzene rings is 2. The maximum absolute atomic E-state index is 12.3. The first-order chi connectivity index (χ1) is 11.9. The van der Waals surface area contributed by atoms with Crippen LogP contribution in [0, 0.1) is 0 Å². The quantitative estimate of drug-likeness (QED) is 0.871. The summed E-state index contributed by atoms with van der Waals surface area (Å²) in [5.74, 6) is -0.221. The molecule has 1 aliphatic heterocycles. The van der Waals surface area contributed by atoms with Crippen molar-refractivity contribution in [1.82, 2.24) is 10.2 Å². The van der Waals surface area contributed by atoms with E-state index in [0.717, 1.165) is 37.3 Å². The van der Waals surface area contributed by atoms with Gasteiger partial charge in [0.25, 0.3) is 0 Å². The number of ether oxygens (including phenoxy) is 1. The lowest BCUT2D eigenvalue weighted by Crippen LogP contribution is -2.45. The SMILES string of the molecule is FC(F)(F)Oc1ccc([C@H](c2cccc(Cl)c2)N2CCNCC2)cc1. The maximum Gasteiger partial charge on any atom is 0.573 e. The molecule has 134 valence electrons. The highest BCUT2D eigenvalue weighted by Gasteiger charge is 2.31. The molecule has 2 aromatic rings. The molecule has 0 spiro atoms. The zero-order valence-corrected chi connectivity index (χ0v) is 14.1. The summed E-state index contributed by atoms with van der Waals surface area (Å²) in [7, 11) is 0. The lowest BCUT2D eigenvalue weighted by Gasteiger charge is -2.35. The van der Waals surface area contributed by atoms with Crippen LogP contribution in [-0.2, 0) is 0 Å². The highest BCUT2D eigenvalue weighted by Crippen LogP contribution is 2.32. The summed E-state index contributed by atoms with van der Waals surface area (Å²) in [5, 5.41) is 3.94. The number of nitrogens with one attached hydrogen (secondary N) is 1. The zero-order chi connectivity index (χ0) is 17.9. The van der Waals surface area contributed by atoms with Crippen molar-refractivity contribution in [3.63, 3.8) is 0 Å². The lowest BCUT2D eigenvalue weighted by atomic mass is 9.96. The number of halogens is 4. The Kier molecular flexibility index (Phi) is 5.51. The summed E-state index contributed by atoms with van der Waals surface area (Å²) in [5.41, 5.74) is 1.91. The van der Waals surface area contributed by atoms with Gasteiger partial charge < -0.3 is 10.1 Å². The Morgan fingerprint density at radius 3 is 2.28 bits per heavy atom. The monoisotopic (exact) mass is 370 g/mol. The predicted molar refractivity (Wildman–Crippen MR) is 90.9 cm³/mol. The molecule has 0 aromatic heterocycles. The predicted octanol–water partition coefficient (Wildman–Crippen LogP) is 4.23. The van der Waals surface area contributed by atoms with E-state index in [4.69, 9.17) is 11.6 Å². The summed E-state index contributed by atoms with van der Waals surface area (Å²) in [6.45, 7) is 3.43. The smallest absolute Gasteiger partial charge is 0.406 e. The molecule has 1 fully saturated rings. The molecule has 3 nitrogen and oxygen atoms in total. The van der Waals surface area contributed by atoms with Crippen LogP contribution in [0.2, 0.25) is 5.02 Å². The second kappa shape index (κ2) is 7.64. The molecule has 7 heteroatoms. The van der Waals surface area contributed by atoms with E-state index in [9.17, 15) is 13.2 Å². The van der Waals surface area contributed by atoms with Crippen LogP contribution in [0.3, 0.4) is 0 Å². The third kappa shape index (κ3) is 4.87. The molecule has 1 heterocycles. The number of nitrogens with zero attached hydrogens (tertiary/aromatic N) is 1. The molecule has 0 radical (unpaired) electrons. The summed E-state index contributed by atoms with van der Waals surface area (Å²) in [4.78, 5) is 2.29. The standard InChI is InChI=1S/C18H18ClF3N2O/c19-15-3-1-2-14(12-15)17(24-10-8-23-9-11-24)13-4-6-16(7-5-13)25-18(20,21)22/h1-7,12,17,23H,8-11H2/t17-/m1/s1. The van der Waals surface area contributed by atoms with E-state index in [-0.39, 0.29) is 11.8 Å². The first-order valence-electron chi connectivity index (χ1n) is 7.98. The molecule has 1 saturated heterocycles. The fourth-order valence-electron chi connectivity index (χ4n) is 3.08. The van der Waals surface area contributed by atoms with E-state index in [1.165, 1.54) is 12.1 Å². The van der Waals surface area contributed by atoms with E-state index >= 15 is 0 Å². The van der Waals surface area contributed by atoms with E-state index in [0.29, 0.717) is 5.02 Å². The van der Waals surface area contributed by atoms with Crippen molar-refractivity contribution in [1.29, 1.82) is 0 Å². The molecule has 0 amide bonds. The Hall–Kier alpha value is -1.76. The summed E-state index contributed by atoms with van der Waals surface area (Å²) in [6.07, 6.45) is -4.69. The Balaban J connectivity index is 1.91. The topological polar surface area (TPSA) is 24.5 Å². The molecular weight excluding hydrogens is 353 g/mol. The van der Waals surface area contributed by atoms with Crippen LogP contribution in [0.25, 0.3) is 0 Å². The molecule has 0 bridgehead atoms. The van der Waals surface area contributed by atoms with Crippen LogP contribution < -0.4 is 10.1 Å². The second-order valence-corrected chi connectivity index (χ2v) is 6.30. The van der Waals surface area contributed by atoms with E-state index in [1.807, 2.05) is 18.2 Å². The first kappa shape index (κ1) is 18.0. The minimum Gasteiger partial charge on any atom is -0.406 e. The fraction of sp³-hybridized carbons (Fsp3) is 0.333. The largest absolute Gasteiger partial charge is 0.573 e. The van der Waals surface area contributed by atoms with Gasteiger partial charge in [0.15, 0.2) is 0 Å². The number of hydrogen-bond donors (Lipinski definition) is 1. The third-order valence-electron chi connectivity index (χ3n) is 4.11. The van der Waals surface area contributed by atoms with Gasteiger partial charge in [0.05, 0.1) is 6.04 Å². The van der Waals surface area contributed by atoms with Crippen LogP contribution >= 0.6 is 11.6 Å². The Labute approximate surface area is 149 Å². The van der Waals surface area contributed by atoms with E-state index in [2.05, 4.69) is 15.0 Å². The van der Waals surface area contributed by atoms with Crippen molar-refractivity contribution in [3.05, 3.63) is 64.7 Å². The van der Waals surface area contributed by atoms with Crippen molar-refractivity contribution in [2.24, 2.45) is 0 Å². The highest BCUT2D eigenvalue weighted by molar-refractivity contribution is 6.30. The highest BCUT2D eigenvalue weighted by atomic mass is 35.5. The molecule has 1 atom stereocenters. The van der Waals surface area contributed by atoms with Crippen molar-refractivity contribution in [2.45, 2.75) is 12.4 Å². The van der Waals surface area contributed by atoms with Gasteiger partial charge in [0, 0.05) is 31.2 Å². The molecule has 1 N–H and O–H groups in total. The minimum absolute atomic E-state index is 0.0688. The van der Waals surface area contributed by atoms with Gasteiger partial charge in [-0.15, -0.1) is 13.2 Å². The lowest BCUT2D eigenvalue weighted by molar-refractivity contribution is -0.274. The summed E-state index contributed by atoms with van der Waals surface area (Å²) < 4.78 is 41.0. The Morgan fingerprint density at radius 1 is 1.00 bits per heavy atom. The average molecular weight is 371 g/mol. The molecule has 2 aromatic carbocycles. The third-order valence-corrected chi connectivity index (χ3v) is 4.35. The molecule has 3 rings (SSSR count). The molecule has 0 saturated carbocycles. The van der Waals surface area contributed by atoms with Crippen LogP contribution in [0.5, 0.6) is 5.75 Å². The normalized spacial score (nSPS) is 17.3. The maximum atomic E-state index is 12.3. The molecule has 0 unspecified atom stereocenters. The van der Waals surface area contributed by atoms with Crippen LogP contribution in [-0.4, -0.2) is 37.4 Å². The molecule has 0 aliphatic carbocycles. The number of piperazine rings is 1. The van der Waals surface area contributed by atoms with Crippen molar-refractivity contribution >= 4 is 11.6 Å². The Morgan fingerprint density at radius 2 is 1.68 bits per heavy atom. The van der Waals surface area contributed by atoms with Crippen LogP contribution in [0.4, 0.5) is 13.2 Å². The van der Waals surface area contributed by atoms with Gasteiger partial charge >= 0.3 is 6.36 Å². The summed E-state index contributed by atoms with van der Waals surface area (Å²) in [6, 6.07) is 13.6. The number of hydrogen-bond acceptors (Lipinski definition) is 3. The first-order valence-corrected chi connectivity index (χ1v) is 8.36. The molecular formula is C18H18ClF3N2O. The number of alkyl halides is 3. The molecule has 1 aliphatic rings. The van der Waals surface area contributed by atoms with Gasteiger partial charge in [-0.2, -0.15) is 0 Å². The number of rotatable bonds is 4. The van der Waals surface area contributed by atoms with Gasteiger partial charge in [0.2, 0.25) is 0 Å². The average Bonchev–Trinajstić information content (AvgIpc) is 2.56. The summed E-state index contributed by atoms with van der Waals surface area (Å²) >= 11 is 6.14. The van der Waals surface area contributed by atoms with Crippen molar-refractivity contribution in [2.75, 3.05) is 26.2 Å². The Bertz CT molecular complexity index is 700. The fourth-order valence-corrected chi connectivity index (χ4v) is 3.28. The van der Waals surface area contributed by atoms with Gasteiger partial charge in [0.1, 0.15) is 5.75 Å². The van der Waals surface area contributed by atoms with E-state index < -0.39 is 6.36 Å². The van der Waals surface area contributed by atoms with E-state index in [1.54, 1.807) is 18.2 Å². The van der Waals surface area contributed by atoms with Gasteiger partial charge in [-0.1, -0.05) is 35.9 Å². The minimum atomic E-state index is -4.69. The van der Waals surface area contributed by atoms with Gasteiger partial charge in [-0.3, -0.25) is 4.90 Å². The van der Waals surface area contributed by atoms with Crippen molar-refractivity contribution < 1.29 is 17.9 Å².